The van der Waals surface area contributed by atoms with Gasteiger partial charge in [-0.2, -0.15) is 0 Å². The molecule has 3 aromatic rings. The zero-order chi connectivity index (χ0) is 21.3. The second-order valence-corrected chi connectivity index (χ2v) is 7.11. The van der Waals surface area contributed by atoms with Crippen molar-refractivity contribution in [2.75, 3.05) is 11.5 Å². The number of hydrogen-bond donors (Lipinski definition) is 1. The van der Waals surface area contributed by atoms with Crippen molar-refractivity contribution < 1.29 is 28.2 Å². The van der Waals surface area contributed by atoms with E-state index in [0.717, 1.165) is 18.2 Å². The Labute approximate surface area is 176 Å². The molecule has 3 aromatic carbocycles. The van der Waals surface area contributed by atoms with E-state index in [9.17, 15) is 18.7 Å². The summed E-state index contributed by atoms with van der Waals surface area (Å²) in [6, 6.07) is 15.4. The predicted octanol–water partition coefficient (Wildman–Crippen LogP) is 5.47. The van der Waals surface area contributed by atoms with E-state index in [1.165, 1.54) is 4.90 Å². The van der Waals surface area contributed by atoms with E-state index in [4.69, 9.17) is 21.1 Å². The molecule has 1 N–H and O–H groups in total. The van der Waals surface area contributed by atoms with E-state index in [1.807, 2.05) is 0 Å². The highest BCUT2D eigenvalue weighted by Gasteiger charge is 2.43. The standard InChI is InChI=1S/C22H16ClF2NO4/c23-14-1-5-18(6-2-14)29-19-7-3-17(4-8-19)26-21(20(12-27)30-22(26)28)13-9-15(24)11-16(25)10-13/h1-11,20-21,27H,12H2/t20-,21-/m0/s1. The Kier molecular flexibility index (Phi) is 5.57. The molecule has 0 aromatic heterocycles. The number of aliphatic hydroxyl groups is 1. The van der Waals surface area contributed by atoms with Crippen molar-refractivity contribution in [3.05, 3.63) is 89.0 Å². The van der Waals surface area contributed by atoms with Crippen LogP contribution in [0, 0.1) is 11.6 Å². The fourth-order valence-electron chi connectivity index (χ4n) is 3.36. The molecule has 0 spiro atoms. The van der Waals surface area contributed by atoms with Crippen molar-refractivity contribution in [1.82, 2.24) is 0 Å². The number of nitrogens with zero attached hydrogens (tertiary/aromatic N) is 1. The molecule has 5 nitrogen and oxygen atoms in total. The molecule has 30 heavy (non-hydrogen) atoms. The summed E-state index contributed by atoms with van der Waals surface area (Å²) in [5.41, 5.74) is 0.605. The normalized spacial score (nSPS) is 18.4. The number of carbonyl (C=O) groups excluding carboxylic acids is 1. The van der Waals surface area contributed by atoms with Gasteiger partial charge in [0.05, 0.1) is 6.61 Å². The summed E-state index contributed by atoms with van der Waals surface area (Å²) in [4.78, 5) is 13.7. The molecule has 0 saturated carbocycles. The molecule has 154 valence electrons. The largest absolute Gasteiger partial charge is 0.457 e. The maximum Gasteiger partial charge on any atom is 0.415 e. The van der Waals surface area contributed by atoms with Crippen LogP contribution in [0.4, 0.5) is 19.3 Å². The van der Waals surface area contributed by atoms with E-state index < -0.39 is 36.5 Å². The minimum absolute atomic E-state index is 0.180. The molecule has 0 aliphatic carbocycles. The number of aliphatic hydroxyl groups excluding tert-OH is 1. The quantitative estimate of drug-likeness (QED) is 0.582. The number of carbonyl (C=O) groups is 1. The molecule has 1 saturated heterocycles. The van der Waals surface area contributed by atoms with Gasteiger partial charge in [0.2, 0.25) is 0 Å². The molecule has 8 heteroatoms. The van der Waals surface area contributed by atoms with Gasteiger partial charge >= 0.3 is 6.09 Å². The Bertz CT molecular complexity index is 1040. The Morgan fingerprint density at radius 3 is 2.10 bits per heavy atom. The third-order valence-electron chi connectivity index (χ3n) is 4.65. The van der Waals surface area contributed by atoms with Gasteiger partial charge in [0.1, 0.15) is 29.2 Å². The first-order chi connectivity index (χ1) is 14.4. The molecule has 2 atom stereocenters. The molecule has 1 amide bonds. The molecule has 0 unspecified atom stereocenters. The monoisotopic (exact) mass is 431 g/mol. The lowest BCUT2D eigenvalue weighted by atomic mass is 10.00. The average Bonchev–Trinajstić information content (AvgIpc) is 3.06. The van der Waals surface area contributed by atoms with Crippen LogP contribution in [0.3, 0.4) is 0 Å². The number of anilines is 1. The lowest BCUT2D eigenvalue weighted by molar-refractivity contribution is 0.0829. The van der Waals surface area contributed by atoms with Crippen LogP contribution in [0.5, 0.6) is 11.5 Å². The zero-order valence-corrected chi connectivity index (χ0v) is 16.2. The van der Waals surface area contributed by atoms with Crippen LogP contribution in [0.25, 0.3) is 0 Å². The summed E-state index contributed by atoms with van der Waals surface area (Å²) < 4.78 is 38.4. The number of ether oxygens (including phenoxy) is 2. The molecule has 0 radical (unpaired) electrons. The summed E-state index contributed by atoms with van der Waals surface area (Å²) in [6.07, 6.45) is -1.70. The number of cyclic esters (lactones) is 1. The van der Waals surface area contributed by atoms with Crippen LogP contribution >= 0.6 is 11.6 Å². The van der Waals surface area contributed by atoms with Crippen molar-refractivity contribution in [2.45, 2.75) is 12.1 Å². The van der Waals surface area contributed by atoms with Gasteiger partial charge in [0, 0.05) is 16.8 Å². The summed E-state index contributed by atoms with van der Waals surface area (Å²) in [7, 11) is 0. The van der Waals surface area contributed by atoms with Crippen LogP contribution < -0.4 is 9.64 Å². The van der Waals surface area contributed by atoms with Gasteiger partial charge in [-0.15, -0.1) is 0 Å². The van der Waals surface area contributed by atoms with Gasteiger partial charge in [-0.3, -0.25) is 4.90 Å². The van der Waals surface area contributed by atoms with Crippen LogP contribution in [0.15, 0.2) is 66.7 Å². The highest BCUT2D eigenvalue weighted by molar-refractivity contribution is 6.30. The van der Waals surface area contributed by atoms with E-state index in [-0.39, 0.29) is 5.56 Å². The van der Waals surface area contributed by atoms with E-state index in [2.05, 4.69) is 0 Å². The van der Waals surface area contributed by atoms with E-state index in [0.29, 0.717) is 22.2 Å². The zero-order valence-electron chi connectivity index (χ0n) is 15.5. The molecule has 0 bridgehead atoms. The second-order valence-electron chi connectivity index (χ2n) is 6.67. The summed E-state index contributed by atoms with van der Waals surface area (Å²) in [5.74, 6) is -0.470. The summed E-state index contributed by atoms with van der Waals surface area (Å²) in [6.45, 7) is -0.497. The Hall–Kier alpha value is -3.16. The van der Waals surface area contributed by atoms with Crippen LogP contribution in [-0.2, 0) is 4.74 Å². The minimum Gasteiger partial charge on any atom is -0.457 e. The number of benzene rings is 3. The predicted molar refractivity (Wildman–Crippen MR) is 107 cm³/mol. The molecular weight excluding hydrogens is 416 g/mol. The number of hydrogen-bond acceptors (Lipinski definition) is 4. The molecule has 4 rings (SSSR count). The maximum absolute atomic E-state index is 13.8. The van der Waals surface area contributed by atoms with Crippen molar-refractivity contribution in [3.63, 3.8) is 0 Å². The van der Waals surface area contributed by atoms with E-state index in [1.54, 1.807) is 48.5 Å². The average molecular weight is 432 g/mol. The third kappa shape index (κ3) is 4.08. The SMILES string of the molecule is O=C1O[C@@H](CO)[C@H](c2cc(F)cc(F)c2)N1c1ccc(Oc2ccc(Cl)cc2)cc1. The molecule has 1 aliphatic heterocycles. The van der Waals surface area contributed by atoms with Crippen molar-refractivity contribution in [1.29, 1.82) is 0 Å². The van der Waals surface area contributed by atoms with Crippen molar-refractivity contribution in [3.8, 4) is 11.5 Å². The van der Waals surface area contributed by atoms with Gasteiger partial charge in [0.15, 0.2) is 6.10 Å². The first-order valence-electron chi connectivity index (χ1n) is 9.05. The smallest absolute Gasteiger partial charge is 0.415 e. The van der Waals surface area contributed by atoms with Crippen LogP contribution in [0.1, 0.15) is 11.6 Å². The van der Waals surface area contributed by atoms with Gasteiger partial charge in [-0.05, 0) is 66.2 Å². The second kappa shape index (κ2) is 8.30. The summed E-state index contributed by atoms with van der Waals surface area (Å²) in [5, 5.41) is 10.2. The Morgan fingerprint density at radius 2 is 1.53 bits per heavy atom. The highest BCUT2D eigenvalue weighted by Crippen LogP contribution is 2.38. The number of rotatable bonds is 5. The lowest BCUT2D eigenvalue weighted by Gasteiger charge is -2.24. The lowest BCUT2D eigenvalue weighted by Crippen LogP contribution is -2.30. The van der Waals surface area contributed by atoms with E-state index >= 15 is 0 Å². The third-order valence-corrected chi connectivity index (χ3v) is 4.90. The minimum atomic E-state index is -0.969. The topological polar surface area (TPSA) is 59.0 Å². The maximum atomic E-state index is 13.8. The molecule has 1 aliphatic rings. The molecule has 1 heterocycles. The van der Waals surface area contributed by atoms with Crippen LogP contribution in [-0.4, -0.2) is 23.9 Å². The van der Waals surface area contributed by atoms with Crippen molar-refractivity contribution in [2.24, 2.45) is 0 Å². The van der Waals surface area contributed by atoms with Gasteiger partial charge < -0.3 is 14.6 Å². The van der Waals surface area contributed by atoms with Crippen LogP contribution in [0.2, 0.25) is 5.02 Å². The Morgan fingerprint density at radius 1 is 0.967 bits per heavy atom. The first-order valence-corrected chi connectivity index (χ1v) is 9.42. The fraction of sp³-hybridized carbons (Fsp3) is 0.136. The highest BCUT2D eigenvalue weighted by atomic mass is 35.5. The van der Waals surface area contributed by atoms with Gasteiger partial charge in [-0.1, -0.05) is 11.6 Å². The number of amides is 1. The first kappa shape index (κ1) is 20.1. The fourth-order valence-corrected chi connectivity index (χ4v) is 3.48. The Balaban J connectivity index is 1.63. The molecule has 1 fully saturated rings. The summed E-state index contributed by atoms with van der Waals surface area (Å²) >= 11 is 5.86. The van der Waals surface area contributed by atoms with Crippen molar-refractivity contribution >= 4 is 23.4 Å². The van der Waals surface area contributed by atoms with Gasteiger partial charge in [0.25, 0.3) is 0 Å². The number of halogens is 3. The van der Waals surface area contributed by atoms with Gasteiger partial charge in [-0.25, -0.2) is 13.6 Å². The molecular formula is C22H16ClF2NO4.